The van der Waals surface area contributed by atoms with Crippen LogP contribution in [-0.2, 0) is 24.4 Å². The second kappa shape index (κ2) is 8.41. The fraction of sp³-hybridized carbons (Fsp3) is 0.500. The van der Waals surface area contributed by atoms with E-state index in [1.54, 1.807) is 8.90 Å². The molecule has 0 saturated heterocycles. The first-order valence-corrected chi connectivity index (χ1v) is 5.24. The molecule has 0 heterocycles. The Labute approximate surface area is 118 Å². The second-order valence-corrected chi connectivity index (χ2v) is 4.53. The van der Waals surface area contributed by atoms with Crippen molar-refractivity contribution in [2.24, 2.45) is 0 Å². The molecule has 0 fully saturated rings. The van der Waals surface area contributed by atoms with Crippen molar-refractivity contribution in [3.8, 4) is 0 Å². The summed E-state index contributed by atoms with van der Waals surface area (Å²) >= 11 is 1.27. The molecule has 0 aromatic carbocycles. The van der Waals surface area contributed by atoms with Crippen molar-refractivity contribution in [1.29, 1.82) is 0 Å². The van der Waals surface area contributed by atoms with Gasteiger partial charge < -0.3 is 48.0 Å². The van der Waals surface area contributed by atoms with Crippen molar-refractivity contribution in [2.75, 3.05) is 0 Å². The summed E-state index contributed by atoms with van der Waals surface area (Å²) < 4.78 is 1.71. The molecule has 0 aliphatic heterocycles. The Hall–Kier alpha value is 1.81. The van der Waals surface area contributed by atoms with Crippen LogP contribution >= 0.6 is 0 Å². The van der Waals surface area contributed by atoms with Gasteiger partial charge in [-0.2, -0.15) is 0 Å². The maximum atomic E-state index is 2.30. The zero-order valence-electron chi connectivity index (χ0n) is 6.53. The zero-order chi connectivity index (χ0) is 6.69. The summed E-state index contributed by atoms with van der Waals surface area (Å²) in [7, 11) is 0. The molecule has 0 aromatic heterocycles. The normalized spacial score (nSPS) is 14.5. The largest absolute Gasteiger partial charge is 1.00 e. The number of halogens is 2. The van der Waals surface area contributed by atoms with E-state index in [0.29, 0.717) is 0 Å². The molecule has 0 unspecified atom stereocenters. The van der Waals surface area contributed by atoms with Crippen LogP contribution in [0.1, 0.15) is 26.2 Å². The van der Waals surface area contributed by atoms with Gasteiger partial charge in [0.25, 0.3) is 0 Å². The third-order valence-corrected chi connectivity index (χ3v) is 3.43. The van der Waals surface area contributed by atoms with Gasteiger partial charge in [0, 0.05) is 0 Å². The van der Waals surface area contributed by atoms with Crippen LogP contribution in [0, 0.1) is 0 Å². The van der Waals surface area contributed by atoms with E-state index in [4.69, 9.17) is 0 Å². The van der Waals surface area contributed by atoms with Crippen LogP contribution in [0.25, 0.3) is 0 Å². The van der Waals surface area contributed by atoms with Crippen molar-refractivity contribution in [2.45, 2.75) is 26.2 Å². The second-order valence-electron chi connectivity index (χ2n) is 2.36. The van der Waals surface area contributed by atoms with Crippen molar-refractivity contribution < 1.29 is 72.3 Å². The topological polar surface area (TPSA) is 0 Å². The van der Waals surface area contributed by atoms with E-state index in [2.05, 4.69) is 19.1 Å². The van der Waals surface area contributed by atoms with Gasteiger partial charge in [-0.25, -0.2) is 0 Å². The quantitative estimate of drug-likeness (QED) is 0.253. The Morgan fingerprint density at radius 2 is 2.09 bits per heavy atom. The fourth-order valence-corrected chi connectivity index (χ4v) is 2.23. The van der Waals surface area contributed by atoms with Gasteiger partial charge in [0.1, 0.15) is 0 Å². The van der Waals surface area contributed by atoms with Gasteiger partial charge in [0.2, 0.25) is 0 Å². The van der Waals surface area contributed by atoms with Crippen LogP contribution in [0.3, 0.4) is 0 Å². The zero-order valence-corrected chi connectivity index (χ0v) is 14.4. The van der Waals surface area contributed by atoms with Crippen LogP contribution in [-0.4, -0.2) is 0 Å². The van der Waals surface area contributed by atoms with Gasteiger partial charge in [-0.3, -0.25) is 0 Å². The van der Waals surface area contributed by atoms with Gasteiger partial charge in [0.05, 0.1) is 0 Å². The fourth-order valence-electron chi connectivity index (χ4n) is 1.05. The standard InChI is InChI=1S/C8H11.Hf.2HI/c1-2-5-8-6-3-4-7-8;;;/h3,6H,2,4-5H2,1H3;;2*1H/q;+2;;/p-2. The van der Waals surface area contributed by atoms with Crippen molar-refractivity contribution in [3.63, 3.8) is 0 Å². The van der Waals surface area contributed by atoms with E-state index in [9.17, 15) is 0 Å². The van der Waals surface area contributed by atoms with Crippen LogP contribution < -0.4 is 48.0 Å². The Bertz CT molecular complexity index is 161. The molecule has 0 spiro atoms. The Morgan fingerprint density at radius 1 is 1.45 bits per heavy atom. The molecule has 0 N–H and O–H groups in total. The number of allylic oxidation sites excluding steroid dienone is 4. The molecule has 1 aliphatic rings. The minimum absolute atomic E-state index is 0. The average Bonchev–Trinajstić information content (AvgIpc) is 2.18. The van der Waals surface area contributed by atoms with Gasteiger partial charge in [-0.1, -0.05) is 0 Å². The van der Waals surface area contributed by atoms with E-state index in [1.807, 2.05) is 0 Å². The van der Waals surface area contributed by atoms with E-state index >= 15 is 0 Å². The number of hydrogen-bond acceptors (Lipinski definition) is 0. The molecule has 0 radical (unpaired) electrons. The molecule has 3 heteroatoms. The Balaban J connectivity index is 0. The minimum atomic E-state index is 0. The molecule has 0 atom stereocenters. The van der Waals surface area contributed by atoms with Crippen molar-refractivity contribution in [1.82, 2.24) is 0 Å². The summed E-state index contributed by atoms with van der Waals surface area (Å²) in [5, 5.41) is 0. The van der Waals surface area contributed by atoms with Crippen molar-refractivity contribution in [3.05, 3.63) is 21.1 Å². The maximum Gasteiger partial charge on any atom is -1.00 e. The summed E-state index contributed by atoms with van der Waals surface area (Å²) in [6, 6.07) is 0. The molecule has 0 saturated carbocycles. The van der Waals surface area contributed by atoms with Crippen molar-refractivity contribution >= 4 is 0 Å². The van der Waals surface area contributed by atoms with E-state index in [-0.39, 0.29) is 48.0 Å². The molecule has 1 aliphatic carbocycles. The maximum absolute atomic E-state index is 2.30. The predicted molar refractivity (Wildman–Crippen MR) is 35.7 cm³/mol. The predicted octanol–water partition coefficient (Wildman–Crippen LogP) is -3.44. The molecular weight excluding hydrogens is 528 g/mol. The van der Waals surface area contributed by atoms with Gasteiger partial charge >= 0.3 is 71.6 Å². The monoisotopic (exact) mass is 541 g/mol. The smallest absolute Gasteiger partial charge is 1.00 e. The third kappa shape index (κ3) is 5.18. The first-order valence-electron chi connectivity index (χ1n) is 3.44. The molecule has 61 valence electrons. The number of hydrogen-bond donors (Lipinski definition) is 0. The summed E-state index contributed by atoms with van der Waals surface area (Å²) in [6.45, 7) is 2.24. The van der Waals surface area contributed by atoms with Crippen LogP contribution in [0.5, 0.6) is 0 Å². The Morgan fingerprint density at radius 3 is 2.45 bits per heavy atom. The summed E-state index contributed by atoms with van der Waals surface area (Å²) in [5.74, 6) is 0. The average molecular weight is 539 g/mol. The third-order valence-electron chi connectivity index (χ3n) is 1.55. The van der Waals surface area contributed by atoms with Crippen LogP contribution in [0.2, 0.25) is 0 Å². The molecule has 11 heavy (non-hydrogen) atoms. The summed E-state index contributed by atoms with van der Waals surface area (Å²) in [6.07, 6.45) is 8.43. The first kappa shape index (κ1) is 15.3. The SMILES string of the molecule is CCCC1=[C]([Hf+2])CC=C1.[I-].[I-]. The van der Waals surface area contributed by atoms with Crippen LogP contribution in [0.15, 0.2) is 21.1 Å². The molecule has 1 rings (SSSR count). The number of rotatable bonds is 2. The van der Waals surface area contributed by atoms with Gasteiger partial charge in [0.15, 0.2) is 0 Å². The van der Waals surface area contributed by atoms with Crippen LogP contribution in [0.4, 0.5) is 0 Å². The molecule has 0 amide bonds. The van der Waals surface area contributed by atoms with E-state index in [0.717, 1.165) is 0 Å². The molecular formula is C8H11HfI2. The molecule has 0 aromatic rings. The van der Waals surface area contributed by atoms with Gasteiger partial charge in [-0.05, 0) is 0 Å². The molecule has 0 bridgehead atoms. The van der Waals surface area contributed by atoms with E-state index < -0.39 is 0 Å². The first-order chi connectivity index (χ1) is 4.34. The summed E-state index contributed by atoms with van der Waals surface area (Å²) in [4.78, 5) is 0. The van der Waals surface area contributed by atoms with Gasteiger partial charge in [-0.15, -0.1) is 0 Å². The molecule has 0 nitrogen and oxygen atoms in total. The Kier molecular flexibility index (Phi) is 11.7. The summed E-state index contributed by atoms with van der Waals surface area (Å²) in [5.41, 5.74) is 1.63. The minimum Gasteiger partial charge on any atom is -1.00 e. The van der Waals surface area contributed by atoms with E-state index in [1.165, 1.54) is 43.6 Å².